The number of rotatable bonds is 7. The van der Waals surface area contributed by atoms with E-state index >= 15 is 0 Å². The van der Waals surface area contributed by atoms with Gasteiger partial charge in [0.15, 0.2) is 0 Å². The number of hydrogen-bond donors (Lipinski definition) is 1. The van der Waals surface area contributed by atoms with E-state index in [0.717, 1.165) is 9.71 Å². The fourth-order valence-electron chi connectivity index (χ4n) is 1.51. The van der Waals surface area contributed by atoms with Gasteiger partial charge in [0.25, 0.3) is 0 Å². The average molecular weight is 318 g/mol. The number of sulfonamides is 1. The van der Waals surface area contributed by atoms with E-state index in [-0.39, 0.29) is 19.5 Å². The van der Waals surface area contributed by atoms with Gasteiger partial charge in [-0.1, -0.05) is 30.7 Å². The third-order valence-corrected chi connectivity index (χ3v) is 4.48. The monoisotopic (exact) mass is 317 g/mol. The molecule has 0 aromatic heterocycles. The molecule has 0 bridgehead atoms. The highest BCUT2D eigenvalue weighted by molar-refractivity contribution is 7.92. The van der Waals surface area contributed by atoms with Crippen LogP contribution in [0.4, 0.5) is 0 Å². The molecule has 1 aromatic carbocycles. The van der Waals surface area contributed by atoms with Crippen LogP contribution in [0.25, 0.3) is 6.08 Å². The van der Waals surface area contributed by atoms with Crippen molar-refractivity contribution in [3.63, 3.8) is 0 Å². The van der Waals surface area contributed by atoms with Crippen molar-refractivity contribution < 1.29 is 18.3 Å². The van der Waals surface area contributed by atoms with Gasteiger partial charge in [-0.3, -0.25) is 4.79 Å². The van der Waals surface area contributed by atoms with Crippen LogP contribution in [0.1, 0.15) is 18.9 Å². The summed E-state index contributed by atoms with van der Waals surface area (Å²) in [5.41, 5.74) is 0.701. The van der Waals surface area contributed by atoms with Crippen molar-refractivity contribution in [2.24, 2.45) is 0 Å². The van der Waals surface area contributed by atoms with E-state index < -0.39 is 16.0 Å². The third-order valence-electron chi connectivity index (χ3n) is 2.59. The molecule has 0 amide bonds. The highest BCUT2D eigenvalue weighted by atomic mass is 35.5. The normalized spacial score (nSPS) is 12.2. The Bertz CT molecular complexity index is 581. The molecule has 7 heteroatoms. The predicted octanol–water partition coefficient (Wildman–Crippen LogP) is 2.44. The van der Waals surface area contributed by atoms with Crippen LogP contribution in [0.2, 0.25) is 5.02 Å². The Morgan fingerprint density at radius 2 is 1.95 bits per heavy atom. The lowest BCUT2D eigenvalue weighted by atomic mass is 10.2. The van der Waals surface area contributed by atoms with Gasteiger partial charge >= 0.3 is 5.97 Å². The number of halogens is 1. The van der Waals surface area contributed by atoms with Crippen molar-refractivity contribution in [1.29, 1.82) is 0 Å². The Morgan fingerprint density at radius 1 is 1.35 bits per heavy atom. The summed E-state index contributed by atoms with van der Waals surface area (Å²) in [6.45, 7) is 1.84. The number of nitrogens with zero attached hydrogens (tertiary/aromatic N) is 1. The lowest BCUT2D eigenvalue weighted by molar-refractivity contribution is -0.137. The second-order valence-corrected chi connectivity index (χ2v) is 6.29. The van der Waals surface area contributed by atoms with Gasteiger partial charge in [-0.2, -0.15) is 4.31 Å². The minimum atomic E-state index is -3.62. The number of carboxylic acids is 1. The minimum absolute atomic E-state index is 0.0425. The van der Waals surface area contributed by atoms with Gasteiger partial charge in [-0.25, -0.2) is 8.42 Å². The van der Waals surface area contributed by atoms with Crippen LogP contribution in [0, 0.1) is 0 Å². The summed E-state index contributed by atoms with van der Waals surface area (Å²) >= 11 is 5.74. The maximum atomic E-state index is 12.0. The summed E-state index contributed by atoms with van der Waals surface area (Å²) in [7, 11) is -3.62. The van der Waals surface area contributed by atoms with Crippen molar-refractivity contribution in [3.05, 3.63) is 40.3 Å². The van der Waals surface area contributed by atoms with Gasteiger partial charge in [0.05, 0.1) is 6.42 Å². The van der Waals surface area contributed by atoms with Crippen LogP contribution in [-0.4, -0.2) is 36.9 Å². The van der Waals surface area contributed by atoms with E-state index in [4.69, 9.17) is 16.7 Å². The van der Waals surface area contributed by atoms with Crippen LogP contribution in [0.3, 0.4) is 0 Å². The standard InChI is InChI=1S/C13H16ClNO4S/c1-2-15(9-7-13(16)17)20(18,19)10-8-11-3-5-12(14)6-4-11/h3-6,8,10H,2,7,9H2,1H3,(H,16,17)/b10-8+. The van der Waals surface area contributed by atoms with Crippen LogP contribution in [-0.2, 0) is 14.8 Å². The molecule has 0 fully saturated rings. The number of carboxylic acid groups (broad SMARTS) is 1. The first kappa shape index (κ1) is 16.7. The van der Waals surface area contributed by atoms with E-state index in [2.05, 4.69) is 0 Å². The topological polar surface area (TPSA) is 74.7 Å². The number of aliphatic carboxylic acids is 1. The molecule has 1 aromatic rings. The number of hydrogen-bond acceptors (Lipinski definition) is 3. The van der Waals surface area contributed by atoms with E-state index in [1.54, 1.807) is 31.2 Å². The molecule has 0 unspecified atom stereocenters. The van der Waals surface area contributed by atoms with E-state index in [0.29, 0.717) is 10.6 Å². The summed E-state index contributed by atoms with van der Waals surface area (Å²) < 4.78 is 25.2. The van der Waals surface area contributed by atoms with Gasteiger partial charge < -0.3 is 5.11 Å². The Kier molecular flexibility index (Phi) is 6.19. The molecule has 0 heterocycles. The molecule has 0 aliphatic heterocycles. The maximum Gasteiger partial charge on any atom is 0.304 e. The molecule has 5 nitrogen and oxygen atoms in total. The summed E-state index contributed by atoms with van der Waals surface area (Å²) in [5.74, 6) is -1.03. The molecule has 110 valence electrons. The third kappa shape index (κ3) is 5.32. The zero-order valence-corrected chi connectivity index (χ0v) is 12.6. The molecular formula is C13H16ClNO4S. The van der Waals surface area contributed by atoms with Crippen molar-refractivity contribution in [3.8, 4) is 0 Å². The molecule has 1 rings (SSSR count). The molecule has 0 saturated heterocycles. The fraction of sp³-hybridized carbons (Fsp3) is 0.308. The summed E-state index contributed by atoms with van der Waals surface area (Å²) in [4.78, 5) is 10.5. The summed E-state index contributed by atoms with van der Waals surface area (Å²) in [5, 5.41) is 10.2. The molecule has 20 heavy (non-hydrogen) atoms. The molecule has 0 atom stereocenters. The number of benzene rings is 1. The first-order valence-electron chi connectivity index (χ1n) is 6.00. The van der Waals surface area contributed by atoms with Crippen molar-refractivity contribution in [1.82, 2.24) is 4.31 Å². The van der Waals surface area contributed by atoms with Gasteiger partial charge in [0.1, 0.15) is 0 Å². The predicted molar refractivity (Wildman–Crippen MR) is 78.9 cm³/mol. The zero-order chi connectivity index (χ0) is 15.2. The van der Waals surface area contributed by atoms with Gasteiger partial charge in [-0.05, 0) is 23.8 Å². The molecular weight excluding hydrogens is 302 g/mol. The Labute approximate surface area is 123 Å². The minimum Gasteiger partial charge on any atom is -0.481 e. The molecule has 1 N–H and O–H groups in total. The van der Waals surface area contributed by atoms with E-state index in [1.165, 1.54) is 6.08 Å². The Balaban J connectivity index is 2.81. The van der Waals surface area contributed by atoms with Crippen molar-refractivity contribution in [2.45, 2.75) is 13.3 Å². The summed E-state index contributed by atoms with van der Waals surface area (Å²) in [6.07, 6.45) is 1.23. The zero-order valence-electron chi connectivity index (χ0n) is 11.0. The van der Waals surface area contributed by atoms with Crippen molar-refractivity contribution in [2.75, 3.05) is 13.1 Å². The highest BCUT2D eigenvalue weighted by Gasteiger charge is 2.17. The molecule has 0 spiro atoms. The SMILES string of the molecule is CCN(CCC(=O)O)S(=O)(=O)/C=C/c1ccc(Cl)cc1. The molecule has 0 aliphatic carbocycles. The summed E-state index contributed by atoms with van der Waals surface area (Å²) in [6, 6.07) is 6.72. The lowest BCUT2D eigenvalue weighted by Crippen LogP contribution is -2.31. The van der Waals surface area contributed by atoms with Crippen LogP contribution < -0.4 is 0 Å². The molecule has 0 saturated carbocycles. The largest absolute Gasteiger partial charge is 0.481 e. The van der Waals surface area contributed by atoms with Crippen LogP contribution in [0.15, 0.2) is 29.7 Å². The quantitative estimate of drug-likeness (QED) is 0.838. The van der Waals surface area contributed by atoms with Gasteiger partial charge in [-0.15, -0.1) is 0 Å². The van der Waals surface area contributed by atoms with Crippen LogP contribution >= 0.6 is 11.6 Å². The maximum absolute atomic E-state index is 12.0. The lowest BCUT2D eigenvalue weighted by Gasteiger charge is -2.16. The van der Waals surface area contributed by atoms with Crippen LogP contribution in [0.5, 0.6) is 0 Å². The average Bonchev–Trinajstić information content (AvgIpc) is 2.38. The Morgan fingerprint density at radius 3 is 2.45 bits per heavy atom. The second kappa shape index (κ2) is 7.42. The van der Waals surface area contributed by atoms with E-state index in [9.17, 15) is 13.2 Å². The fourth-order valence-corrected chi connectivity index (χ4v) is 2.84. The van der Waals surface area contributed by atoms with Gasteiger partial charge in [0.2, 0.25) is 10.0 Å². The van der Waals surface area contributed by atoms with Crippen molar-refractivity contribution >= 4 is 33.7 Å². The first-order valence-corrected chi connectivity index (χ1v) is 7.89. The van der Waals surface area contributed by atoms with Gasteiger partial charge in [0, 0.05) is 23.5 Å². The molecule has 0 radical (unpaired) electrons. The Hall–Kier alpha value is -1.37. The first-order chi connectivity index (χ1) is 9.35. The molecule has 0 aliphatic rings. The smallest absolute Gasteiger partial charge is 0.304 e. The number of carbonyl (C=O) groups is 1. The van der Waals surface area contributed by atoms with E-state index in [1.807, 2.05) is 0 Å². The highest BCUT2D eigenvalue weighted by Crippen LogP contribution is 2.12. The second-order valence-electron chi connectivity index (χ2n) is 4.03.